The third-order valence-electron chi connectivity index (χ3n) is 5.95. The van der Waals surface area contributed by atoms with Crippen LogP contribution in [0.5, 0.6) is 0 Å². The molecule has 0 bridgehead atoms. The van der Waals surface area contributed by atoms with Crippen molar-refractivity contribution >= 4 is 28.8 Å². The SMILES string of the molecule is O=C(O)Cc1cc(CSc2ncc3c(n2)c(C2COCC(F)(F)C2)cn3C2CC2)ccc1F. The lowest BCUT2D eigenvalue weighted by Crippen LogP contribution is -2.34. The zero-order chi connectivity index (χ0) is 23.2. The topological polar surface area (TPSA) is 77.2 Å². The standard InChI is InChI=1S/C23H22F3N3O3S/c24-18-4-1-13(5-14(18)6-20(30)31)11-33-22-27-8-19-21(28-22)17(9-29(19)16-2-3-16)15-7-23(25,26)12-32-10-15/h1,4-5,8-9,15-16H,2-3,6-7,10-12H2,(H,30,31). The van der Waals surface area contributed by atoms with E-state index in [1.807, 2.05) is 6.20 Å². The molecule has 33 heavy (non-hydrogen) atoms. The third kappa shape index (κ3) is 4.86. The van der Waals surface area contributed by atoms with Crippen LogP contribution in [-0.4, -0.2) is 44.7 Å². The predicted octanol–water partition coefficient (Wildman–Crippen LogP) is 4.96. The first-order valence-electron chi connectivity index (χ1n) is 10.7. The van der Waals surface area contributed by atoms with Gasteiger partial charge in [-0.2, -0.15) is 0 Å². The molecule has 0 spiro atoms. The van der Waals surface area contributed by atoms with E-state index >= 15 is 0 Å². The van der Waals surface area contributed by atoms with Gasteiger partial charge in [-0.3, -0.25) is 4.79 Å². The average Bonchev–Trinajstić information content (AvgIpc) is 3.53. The molecule has 1 saturated heterocycles. The number of fused-ring (bicyclic) bond motifs is 1. The van der Waals surface area contributed by atoms with Crippen molar-refractivity contribution in [1.82, 2.24) is 14.5 Å². The number of carbonyl (C=O) groups is 1. The molecule has 5 rings (SSSR count). The second kappa shape index (κ2) is 8.64. The third-order valence-corrected chi connectivity index (χ3v) is 6.89. The first kappa shape index (κ1) is 22.2. The Kier molecular flexibility index (Phi) is 5.82. The molecule has 2 aliphatic rings. The summed E-state index contributed by atoms with van der Waals surface area (Å²) in [4.78, 5) is 20.1. The Morgan fingerprint density at radius 2 is 2.15 bits per heavy atom. The van der Waals surface area contributed by atoms with E-state index in [4.69, 9.17) is 14.8 Å². The molecule has 2 fully saturated rings. The number of nitrogens with zero attached hydrogens (tertiary/aromatic N) is 3. The van der Waals surface area contributed by atoms with Crippen LogP contribution in [0.25, 0.3) is 11.0 Å². The van der Waals surface area contributed by atoms with Gasteiger partial charge >= 0.3 is 5.97 Å². The molecule has 1 aliphatic heterocycles. The number of aromatic nitrogens is 3. The van der Waals surface area contributed by atoms with Gasteiger partial charge in [0, 0.05) is 35.9 Å². The van der Waals surface area contributed by atoms with Crippen LogP contribution in [0.3, 0.4) is 0 Å². The van der Waals surface area contributed by atoms with Crippen molar-refractivity contribution in [2.24, 2.45) is 0 Å². The number of hydrogen-bond acceptors (Lipinski definition) is 5. The Balaban J connectivity index is 1.41. The fourth-order valence-corrected chi connectivity index (χ4v) is 5.02. The van der Waals surface area contributed by atoms with Gasteiger partial charge in [-0.15, -0.1) is 0 Å². The van der Waals surface area contributed by atoms with Crippen LogP contribution >= 0.6 is 11.8 Å². The Labute approximate surface area is 192 Å². The minimum atomic E-state index is -2.86. The fourth-order valence-electron chi connectivity index (χ4n) is 4.26. The van der Waals surface area contributed by atoms with Crippen molar-refractivity contribution in [1.29, 1.82) is 0 Å². The highest BCUT2D eigenvalue weighted by Crippen LogP contribution is 2.43. The molecular weight excluding hydrogens is 455 g/mol. The van der Waals surface area contributed by atoms with Gasteiger partial charge in [-0.05, 0) is 30.0 Å². The highest BCUT2D eigenvalue weighted by Gasteiger charge is 2.39. The van der Waals surface area contributed by atoms with E-state index in [2.05, 4.69) is 9.55 Å². The lowest BCUT2D eigenvalue weighted by molar-refractivity contribution is -0.136. The van der Waals surface area contributed by atoms with Gasteiger partial charge in [0.05, 0.1) is 30.3 Å². The Bertz CT molecular complexity index is 1210. The van der Waals surface area contributed by atoms with Gasteiger partial charge in [0.25, 0.3) is 5.92 Å². The van der Waals surface area contributed by atoms with E-state index < -0.39 is 30.2 Å². The molecule has 3 heterocycles. The van der Waals surface area contributed by atoms with Crippen molar-refractivity contribution in [3.05, 3.63) is 53.1 Å². The second-order valence-electron chi connectivity index (χ2n) is 8.67. The minimum Gasteiger partial charge on any atom is -0.481 e. The molecule has 3 aromatic rings. The van der Waals surface area contributed by atoms with E-state index in [0.717, 1.165) is 29.5 Å². The smallest absolute Gasteiger partial charge is 0.307 e. The quantitative estimate of drug-likeness (QED) is 0.383. The summed E-state index contributed by atoms with van der Waals surface area (Å²) in [5.41, 5.74) is 3.12. The summed E-state index contributed by atoms with van der Waals surface area (Å²) in [6.45, 7) is -0.323. The van der Waals surface area contributed by atoms with E-state index in [-0.39, 0.29) is 25.0 Å². The highest BCUT2D eigenvalue weighted by molar-refractivity contribution is 7.98. The normalized spacial score (nSPS) is 20.3. The monoisotopic (exact) mass is 477 g/mol. The summed E-state index contributed by atoms with van der Waals surface area (Å²) in [5, 5.41) is 9.43. The molecule has 1 atom stereocenters. The summed E-state index contributed by atoms with van der Waals surface area (Å²) >= 11 is 1.33. The van der Waals surface area contributed by atoms with Crippen LogP contribution in [-0.2, 0) is 21.7 Å². The number of hydrogen-bond donors (Lipinski definition) is 1. The summed E-state index contributed by atoms with van der Waals surface area (Å²) < 4.78 is 49.2. The van der Waals surface area contributed by atoms with Crippen molar-refractivity contribution < 1.29 is 27.8 Å². The molecule has 0 amide bonds. The lowest BCUT2D eigenvalue weighted by atomic mass is 9.93. The number of alkyl halides is 2. The molecule has 2 aromatic heterocycles. The molecule has 1 saturated carbocycles. The van der Waals surface area contributed by atoms with E-state index in [0.29, 0.717) is 22.5 Å². The zero-order valence-corrected chi connectivity index (χ0v) is 18.5. The summed E-state index contributed by atoms with van der Waals surface area (Å²) in [6, 6.07) is 4.74. The fraction of sp³-hybridized carbons (Fsp3) is 0.435. The molecule has 1 aromatic carbocycles. The number of carboxylic acid groups (broad SMARTS) is 1. The number of ether oxygens (including phenoxy) is 1. The lowest BCUT2D eigenvalue weighted by Gasteiger charge is -2.28. The van der Waals surface area contributed by atoms with Crippen LogP contribution < -0.4 is 0 Å². The van der Waals surface area contributed by atoms with E-state index in [9.17, 15) is 18.0 Å². The van der Waals surface area contributed by atoms with Gasteiger partial charge < -0.3 is 14.4 Å². The number of benzene rings is 1. The minimum absolute atomic E-state index is 0.124. The number of thioether (sulfide) groups is 1. The first-order chi connectivity index (χ1) is 15.8. The summed E-state index contributed by atoms with van der Waals surface area (Å²) in [6.07, 6.45) is 5.08. The largest absolute Gasteiger partial charge is 0.481 e. The first-order valence-corrected chi connectivity index (χ1v) is 11.7. The summed E-state index contributed by atoms with van der Waals surface area (Å²) in [5.74, 6) is -4.54. The second-order valence-corrected chi connectivity index (χ2v) is 9.61. The van der Waals surface area contributed by atoms with E-state index in [1.54, 1.807) is 12.3 Å². The Hall–Kier alpha value is -2.59. The van der Waals surface area contributed by atoms with Gasteiger partial charge in [0.15, 0.2) is 5.16 Å². The highest BCUT2D eigenvalue weighted by atomic mass is 32.2. The van der Waals surface area contributed by atoms with Gasteiger partial charge in [-0.1, -0.05) is 23.9 Å². The molecule has 174 valence electrons. The molecule has 0 radical (unpaired) electrons. The van der Waals surface area contributed by atoms with Crippen molar-refractivity contribution in [2.45, 2.75) is 54.5 Å². The van der Waals surface area contributed by atoms with Gasteiger partial charge in [0.1, 0.15) is 12.4 Å². The van der Waals surface area contributed by atoms with Crippen LogP contribution in [0.1, 0.15) is 47.9 Å². The average molecular weight is 478 g/mol. The van der Waals surface area contributed by atoms with Crippen molar-refractivity contribution in [3.8, 4) is 0 Å². The van der Waals surface area contributed by atoms with Crippen LogP contribution in [0.2, 0.25) is 0 Å². The summed E-state index contributed by atoms with van der Waals surface area (Å²) in [7, 11) is 0. The van der Waals surface area contributed by atoms with Gasteiger partial charge in [0.2, 0.25) is 0 Å². The maximum atomic E-state index is 14.0. The van der Waals surface area contributed by atoms with E-state index in [1.165, 1.54) is 23.9 Å². The molecule has 1 unspecified atom stereocenters. The zero-order valence-electron chi connectivity index (χ0n) is 17.6. The Morgan fingerprint density at radius 3 is 2.88 bits per heavy atom. The molecule has 10 heteroatoms. The van der Waals surface area contributed by atoms with Crippen LogP contribution in [0.4, 0.5) is 13.2 Å². The van der Waals surface area contributed by atoms with Crippen molar-refractivity contribution in [3.63, 3.8) is 0 Å². The maximum Gasteiger partial charge on any atom is 0.307 e. The maximum absolute atomic E-state index is 14.0. The number of rotatable bonds is 7. The molecule has 1 aliphatic carbocycles. The number of halogens is 3. The van der Waals surface area contributed by atoms with Crippen LogP contribution in [0.15, 0.2) is 35.7 Å². The number of carboxylic acids is 1. The molecular formula is C23H22F3N3O3S. The predicted molar refractivity (Wildman–Crippen MR) is 116 cm³/mol. The number of aliphatic carboxylic acids is 1. The molecule has 6 nitrogen and oxygen atoms in total. The Morgan fingerprint density at radius 1 is 1.33 bits per heavy atom. The van der Waals surface area contributed by atoms with Crippen molar-refractivity contribution in [2.75, 3.05) is 13.2 Å². The molecule has 1 N–H and O–H groups in total. The van der Waals surface area contributed by atoms with Crippen LogP contribution in [0, 0.1) is 5.82 Å². The van der Waals surface area contributed by atoms with Gasteiger partial charge in [-0.25, -0.2) is 23.1 Å².